The average Bonchev–Trinajstić information content (AvgIpc) is 2.33. The summed E-state index contributed by atoms with van der Waals surface area (Å²) in [5, 5.41) is 10.3. The average molecular weight is 296 g/mol. The Morgan fingerprint density at radius 1 is 1.40 bits per heavy atom. The van der Waals surface area contributed by atoms with Crippen molar-refractivity contribution in [3.8, 4) is 0 Å². The lowest BCUT2D eigenvalue weighted by Gasteiger charge is -2.31. The second-order valence-corrected chi connectivity index (χ2v) is 4.64. The molecule has 0 aromatic carbocycles. The number of nitrogens with one attached hydrogen (secondary N) is 1. The smallest absolute Gasteiger partial charge is 0.408 e. The number of rotatable bonds is 4. The molecule has 0 aliphatic carbocycles. The molecule has 0 spiro atoms. The maximum atomic E-state index is 12.4. The molecule has 2 atom stereocenters. The number of carbonyl (C=O) groups is 3. The van der Waals surface area contributed by atoms with Crippen molar-refractivity contribution in [3.05, 3.63) is 0 Å². The van der Waals surface area contributed by atoms with Gasteiger partial charge in [0.2, 0.25) is 11.8 Å². The van der Waals surface area contributed by atoms with Crippen molar-refractivity contribution in [2.45, 2.75) is 31.5 Å². The first-order chi connectivity index (χ1) is 9.12. The van der Waals surface area contributed by atoms with E-state index in [1.165, 1.54) is 7.05 Å². The van der Waals surface area contributed by atoms with Gasteiger partial charge in [-0.3, -0.25) is 14.4 Å². The third-order valence-electron chi connectivity index (χ3n) is 3.11. The first kappa shape index (κ1) is 16.3. The van der Waals surface area contributed by atoms with Crippen molar-refractivity contribution >= 4 is 17.8 Å². The van der Waals surface area contributed by atoms with Crippen LogP contribution in [0.15, 0.2) is 0 Å². The van der Waals surface area contributed by atoms with Crippen molar-refractivity contribution in [1.29, 1.82) is 0 Å². The maximum Gasteiger partial charge on any atom is 0.408 e. The molecule has 9 heteroatoms. The molecule has 1 aliphatic rings. The van der Waals surface area contributed by atoms with Crippen molar-refractivity contribution in [2.75, 3.05) is 13.6 Å². The lowest BCUT2D eigenvalue weighted by molar-refractivity contribution is -0.172. The van der Waals surface area contributed by atoms with Gasteiger partial charge < -0.3 is 15.3 Å². The Morgan fingerprint density at radius 3 is 2.45 bits per heavy atom. The first-order valence-electron chi connectivity index (χ1n) is 5.96. The van der Waals surface area contributed by atoms with Gasteiger partial charge in [0.05, 0.1) is 6.42 Å². The van der Waals surface area contributed by atoms with Gasteiger partial charge in [0.15, 0.2) is 0 Å². The number of piperidine rings is 1. The molecule has 0 radical (unpaired) electrons. The number of carboxylic acids is 1. The van der Waals surface area contributed by atoms with E-state index in [-0.39, 0.29) is 25.8 Å². The van der Waals surface area contributed by atoms with E-state index in [9.17, 15) is 27.6 Å². The maximum absolute atomic E-state index is 12.4. The SMILES string of the molecule is CN(CCC(=O)O)C(=O)[C@@H]1CC[C@@H](C(F)(F)F)NC1=O. The van der Waals surface area contributed by atoms with Crippen LogP contribution in [0.1, 0.15) is 19.3 Å². The zero-order chi connectivity index (χ0) is 15.5. The topological polar surface area (TPSA) is 86.7 Å². The Kier molecular flexibility index (Phi) is 4.96. The fourth-order valence-corrected chi connectivity index (χ4v) is 1.93. The normalized spacial score (nSPS) is 23.1. The number of hydrogen-bond donors (Lipinski definition) is 2. The van der Waals surface area contributed by atoms with Gasteiger partial charge in [0.25, 0.3) is 0 Å². The Labute approximate surface area is 112 Å². The summed E-state index contributed by atoms with van der Waals surface area (Å²) in [4.78, 5) is 34.9. The fourth-order valence-electron chi connectivity index (χ4n) is 1.93. The van der Waals surface area contributed by atoms with E-state index in [1.54, 1.807) is 5.32 Å². The molecule has 0 aromatic heterocycles. The van der Waals surface area contributed by atoms with E-state index in [0.29, 0.717) is 0 Å². The largest absolute Gasteiger partial charge is 0.481 e. The second kappa shape index (κ2) is 6.10. The molecule has 2 N–H and O–H groups in total. The highest BCUT2D eigenvalue weighted by molar-refractivity contribution is 6.00. The standard InChI is InChI=1S/C11H15F3N2O4/c1-16(5-4-8(17)18)10(20)6-2-3-7(11(12,13)14)15-9(6)19/h6-7H,2-5H2,1H3,(H,15,19)(H,17,18)/t6-,7+/m1/s1. The summed E-state index contributed by atoms with van der Waals surface area (Å²) in [7, 11) is 1.31. The van der Waals surface area contributed by atoms with Crippen LogP contribution >= 0.6 is 0 Å². The summed E-state index contributed by atoms with van der Waals surface area (Å²) in [5.41, 5.74) is 0. The van der Waals surface area contributed by atoms with Crippen LogP contribution in [0.3, 0.4) is 0 Å². The Balaban J connectivity index is 2.59. The minimum absolute atomic E-state index is 0.0966. The van der Waals surface area contributed by atoms with E-state index in [4.69, 9.17) is 5.11 Å². The molecule has 1 aliphatic heterocycles. The molecular weight excluding hydrogens is 281 g/mol. The quantitative estimate of drug-likeness (QED) is 0.734. The molecule has 20 heavy (non-hydrogen) atoms. The number of hydrogen-bond acceptors (Lipinski definition) is 3. The molecular formula is C11H15F3N2O4. The number of carbonyl (C=O) groups excluding carboxylic acids is 2. The van der Waals surface area contributed by atoms with Gasteiger partial charge in [0, 0.05) is 13.6 Å². The molecule has 0 bridgehead atoms. The molecule has 114 valence electrons. The van der Waals surface area contributed by atoms with Gasteiger partial charge in [0.1, 0.15) is 12.0 Å². The number of alkyl halides is 3. The summed E-state index contributed by atoms with van der Waals surface area (Å²) < 4.78 is 37.3. The molecule has 6 nitrogen and oxygen atoms in total. The van der Waals surface area contributed by atoms with Crippen LogP contribution in [0, 0.1) is 5.92 Å². The van der Waals surface area contributed by atoms with Gasteiger partial charge in [-0.2, -0.15) is 13.2 Å². The highest BCUT2D eigenvalue weighted by Gasteiger charge is 2.46. The summed E-state index contributed by atoms with van der Waals surface area (Å²) in [6.07, 6.45) is -5.38. The highest BCUT2D eigenvalue weighted by atomic mass is 19.4. The predicted octanol–water partition coefficient (Wildman–Crippen LogP) is 0.377. The Bertz CT molecular complexity index is 411. The molecule has 1 rings (SSSR count). The van der Waals surface area contributed by atoms with Crippen LogP contribution in [-0.2, 0) is 14.4 Å². The van der Waals surface area contributed by atoms with Crippen LogP contribution in [-0.4, -0.2) is 53.6 Å². The first-order valence-corrected chi connectivity index (χ1v) is 5.96. The van der Waals surface area contributed by atoms with Crippen molar-refractivity contribution in [1.82, 2.24) is 10.2 Å². The van der Waals surface area contributed by atoms with Crippen molar-refractivity contribution in [2.24, 2.45) is 5.92 Å². The van der Waals surface area contributed by atoms with Crippen molar-refractivity contribution < 1.29 is 32.7 Å². The third kappa shape index (κ3) is 4.10. The van der Waals surface area contributed by atoms with Crippen LogP contribution < -0.4 is 5.32 Å². The zero-order valence-electron chi connectivity index (χ0n) is 10.7. The minimum Gasteiger partial charge on any atom is -0.481 e. The lowest BCUT2D eigenvalue weighted by atomic mass is 9.92. The van der Waals surface area contributed by atoms with Gasteiger partial charge in [-0.05, 0) is 12.8 Å². The lowest BCUT2D eigenvalue weighted by Crippen LogP contribution is -2.54. The van der Waals surface area contributed by atoms with E-state index in [2.05, 4.69) is 0 Å². The molecule has 1 heterocycles. The Hall–Kier alpha value is -1.80. The molecule has 1 fully saturated rings. The van der Waals surface area contributed by atoms with E-state index >= 15 is 0 Å². The van der Waals surface area contributed by atoms with E-state index in [1.807, 2.05) is 0 Å². The molecule has 1 saturated heterocycles. The van der Waals surface area contributed by atoms with Gasteiger partial charge in [-0.15, -0.1) is 0 Å². The summed E-state index contributed by atoms with van der Waals surface area (Å²) in [6, 6.07) is -1.93. The summed E-state index contributed by atoms with van der Waals surface area (Å²) in [5.74, 6) is -3.92. The molecule has 0 saturated carbocycles. The predicted molar refractivity (Wildman–Crippen MR) is 60.6 cm³/mol. The van der Waals surface area contributed by atoms with Crippen LogP contribution in [0.25, 0.3) is 0 Å². The number of aliphatic carboxylic acids is 1. The van der Waals surface area contributed by atoms with E-state index < -0.39 is 35.9 Å². The van der Waals surface area contributed by atoms with Crippen LogP contribution in [0.5, 0.6) is 0 Å². The highest BCUT2D eigenvalue weighted by Crippen LogP contribution is 2.29. The van der Waals surface area contributed by atoms with Gasteiger partial charge >= 0.3 is 12.1 Å². The summed E-state index contributed by atoms with van der Waals surface area (Å²) in [6.45, 7) is -0.0966. The van der Waals surface area contributed by atoms with E-state index in [0.717, 1.165) is 4.90 Å². The fraction of sp³-hybridized carbons (Fsp3) is 0.727. The van der Waals surface area contributed by atoms with Gasteiger partial charge in [-0.25, -0.2) is 0 Å². The monoisotopic (exact) mass is 296 g/mol. The third-order valence-corrected chi connectivity index (χ3v) is 3.11. The molecule has 2 amide bonds. The molecule has 0 unspecified atom stereocenters. The van der Waals surface area contributed by atoms with Crippen LogP contribution in [0.2, 0.25) is 0 Å². The van der Waals surface area contributed by atoms with Crippen LogP contribution in [0.4, 0.5) is 13.2 Å². The minimum atomic E-state index is -4.53. The summed E-state index contributed by atoms with van der Waals surface area (Å²) >= 11 is 0. The van der Waals surface area contributed by atoms with Gasteiger partial charge in [-0.1, -0.05) is 0 Å². The Morgan fingerprint density at radius 2 is 2.00 bits per heavy atom. The number of amides is 2. The number of carboxylic acid groups (broad SMARTS) is 1. The number of nitrogens with zero attached hydrogens (tertiary/aromatic N) is 1. The van der Waals surface area contributed by atoms with Crippen molar-refractivity contribution in [3.63, 3.8) is 0 Å². The zero-order valence-corrected chi connectivity index (χ0v) is 10.7. The number of halogens is 3. The molecule has 0 aromatic rings. The second-order valence-electron chi connectivity index (χ2n) is 4.64.